The first-order valence-electron chi connectivity index (χ1n) is 10.0. The lowest BCUT2D eigenvalue weighted by molar-refractivity contribution is 0.628. The third-order valence-electron chi connectivity index (χ3n) is 5.66. The van der Waals surface area contributed by atoms with Crippen LogP contribution in [0.25, 0.3) is 56.1 Å². The lowest BCUT2D eigenvalue weighted by Crippen LogP contribution is -1.96. The SMILES string of the molecule is Cc1ncc(-c2ccc3[nH]nc(-c4nc5c(-c6ccc(F)cc6)cncc5[nH]4)c3n2)n1C. The summed E-state index contributed by atoms with van der Waals surface area (Å²) >= 11 is 0. The fourth-order valence-electron chi connectivity index (χ4n) is 3.83. The van der Waals surface area contributed by atoms with Crippen molar-refractivity contribution in [2.75, 3.05) is 0 Å². The number of nitrogens with zero attached hydrogens (tertiary/aromatic N) is 6. The number of hydrogen-bond acceptors (Lipinski definition) is 5. The monoisotopic (exact) mass is 424 g/mol. The number of benzene rings is 1. The molecule has 0 atom stereocenters. The first-order valence-corrected chi connectivity index (χ1v) is 10.0. The van der Waals surface area contributed by atoms with Crippen LogP contribution in [0, 0.1) is 12.7 Å². The van der Waals surface area contributed by atoms with Crippen molar-refractivity contribution in [3.63, 3.8) is 0 Å². The quantitative estimate of drug-likeness (QED) is 0.438. The van der Waals surface area contributed by atoms with Gasteiger partial charge in [0.15, 0.2) is 11.5 Å². The molecule has 9 heteroatoms. The number of aryl methyl sites for hydroxylation is 1. The number of pyridine rings is 2. The molecular weight excluding hydrogens is 407 g/mol. The van der Waals surface area contributed by atoms with Gasteiger partial charge < -0.3 is 9.55 Å². The molecule has 32 heavy (non-hydrogen) atoms. The Kier molecular flexibility index (Phi) is 3.91. The number of fused-ring (bicyclic) bond motifs is 2. The zero-order valence-electron chi connectivity index (χ0n) is 17.3. The Labute approximate surface area is 181 Å². The van der Waals surface area contributed by atoms with E-state index in [1.54, 1.807) is 24.5 Å². The fourth-order valence-corrected chi connectivity index (χ4v) is 3.83. The molecule has 0 bridgehead atoms. The van der Waals surface area contributed by atoms with Gasteiger partial charge in [-0.05, 0) is 36.8 Å². The van der Waals surface area contributed by atoms with Gasteiger partial charge in [-0.2, -0.15) is 5.10 Å². The van der Waals surface area contributed by atoms with Crippen molar-refractivity contribution in [2.24, 2.45) is 7.05 Å². The molecule has 5 heterocycles. The summed E-state index contributed by atoms with van der Waals surface area (Å²) < 4.78 is 15.4. The summed E-state index contributed by atoms with van der Waals surface area (Å²) in [6.45, 7) is 1.95. The molecule has 6 aromatic rings. The highest BCUT2D eigenvalue weighted by Gasteiger charge is 2.18. The second-order valence-corrected chi connectivity index (χ2v) is 7.59. The second kappa shape index (κ2) is 6.81. The molecular formula is C23H17FN8. The minimum atomic E-state index is -0.287. The van der Waals surface area contributed by atoms with E-state index in [2.05, 4.69) is 25.1 Å². The van der Waals surface area contributed by atoms with Crippen molar-refractivity contribution >= 4 is 22.1 Å². The van der Waals surface area contributed by atoms with Crippen LogP contribution < -0.4 is 0 Å². The molecule has 8 nitrogen and oxygen atoms in total. The lowest BCUT2D eigenvalue weighted by Gasteiger charge is -2.03. The highest BCUT2D eigenvalue weighted by atomic mass is 19.1. The van der Waals surface area contributed by atoms with Gasteiger partial charge in [-0.1, -0.05) is 12.1 Å². The number of rotatable bonds is 3. The summed E-state index contributed by atoms with van der Waals surface area (Å²) in [5.74, 6) is 1.20. The Morgan fingerprint density at radius 2 is 1.75 bits per heavy atom. The molecule has 0 amide bonds. The van der Waals surface area contributed by atoms with E-state index < -0.39 is 0 Å². The van der Waals surface area contributed by atoms with Crippen LogP contribution in [0.2, 0.25) is 0 Å². The van der Waals surface area contributed by atoms with E-state index >= 15 is 0 Å². The van der Waals surface area contributed by atoms with Crippen molar-refractivity contribution in [1.29, 1.82) is 0 Å². The Morgan fingerprint density at radius 1 is 0.906 bits per heavy atom. The molecule has 0 spiro atoms. The topological polar surface area (TPSA) is 101 Å². The number of aromatic nitrogens is 8. The molecule has 0 aliphatic rings. The van der Waals surface area contributed by atoms with E-state index in [0.717, 1.165) is 44.9 Å². The minimum Gasteiger partial charge on any atom is -0.335 e. The average molecular weight is 424 g/mol. The molecule has 2 N–H and O–H groups in total. The number of imidazole rings is 2. The van der Waals surface area contributed by atoms with Gasteiger partial charge in [0.2, 0.25) is 0 Å². The number of nitrogens with one attached hydrogen (secondary N) is 2. The molecule has 0 saturated carbocycles. The van der Waals surface area contributed by atoms with E-state index in [1.165, 1.54) is 12.1 Å². The van der Waals surface area contributed by atoms with Crippen LogP contribution in [-0.4, -0.2) is 39.7 Å². The summed E-state index contributed by atoms with van der Waals surface area (Å²) in [6.07, 6.45) is 5.25. The minimum absolute atomic E-state index is 0.287. The highest BCUT2D eigenvalue weighted by Crippen LogP contribution is 2.31. The van der Waals surface area contributed by atoms with Gasteiger partial charge in [-0.25, -0.2) is 19.3 Å². The van der Waals surface area contributed by atoms with Gasteiger partial charge >= 0.3 is 0 Å². The van der Waals surface area contributed by atoms with E-state index in [1.807, 2.05) is 36.9 Å². The average Bonchev–Trinajstić information content (AvgIpc) is 3.50. The van der Waals surface area contributed by atoms with Gasteiger partial charge in [0, 0.05) is 18.8 Å². The Morgan fingerprint density at radius 3 is 2.53 bits per heavy atom. The molecule has 6 rings (SSSR count). The third kappa shape index (κ3) is 2.78. The molecule has 0 radical (unpaired) electrons. The summed E-state index contributed by atoms with van der Waals surface area (Å²) in [5.41, 5.74) is 6.98. The number of hydrogen-bond donors (Lipinski definition) is 2. The summed E-state index contributed by atoms with van der Waals surface area (Å²) in [4.78, 5) is 21.6. The maximum Gasteiger partial charge on any atom is 0.161 e. The molecule has 0 fully saturated rings. The number of H-pyrrole nitrogens is 2. The maximum absolute atomic E-state index is 13.4. The van der Waals surface area contributed by atoms with Crippen molar-refractivity contribution in [2.45, 2.75) is 6.92 Å². The molecule has 1 aromatic carbocycles. The summed E-state index contributed by atoms with van der Waals surface area (Å²) in [6, 6.07) is 10.2. The van der Waals surface area contributed by atoms with Crippen LogP contribution in [0.5, 0.6) is 0 Å². The maximum atomic E-state index is 13.4. The summed E-state index contributed by atoms with van der Waals surface area (Å²) in [7, 11) is 1.96. The van der Waals surface area contributed by atoms with Crippen molar-refractivity contribution in [3.8, 4) is 34.0 Å². The molecule has 156 valence electrons. The van der Waals surface area contributed by atoms with E-state index in [4.69, 9.17) is 9.97 Å². The van der Waals surface area contributed by atoms with Crippen LogP contribution >= 0.6 is 0 Å². The van der Waals surface area contributed by atoms with Crippen molar-refractivity contribution in [1.82, 2.24) is 39.7 Å². The van der Waals surface area contributed by atoms with Crippen LogP contribution in [0.1, 0.15) is 5.82 Å². The van der Waals surface area contributed by atoms with Crippen molar-refractivity contribution in [3.05, 3.63) is 66.6 Å². The lowest BCUT2D eigenvalue weighted by atomic mass is 10.1. The van der Waals surface area contributed by atoms with Crippen LogP contribution in [0.3, 0.4) is 0 Å². The first kappa shape index (κ1) is 18.4. The van der Waals surface area contributed by atoms with Gasteiger partial charge in [0.1, 0.15) is 17.2 Å². The Bertz CT molecular complexity index is 1610. The summed E-state index contributed by atoms with van der Waals surface area (Å²) in [5, 5.41) is 7.49. The predicted molar refractivity (Wildman–Crippen MR) is 119 cm³/mol. The first-order chi connectivity index (χ1) is 15.6. The van der Waals surface area contributed by atoms with E-state index in [-0.39, 0.29) is 5.82 Å². The predicted octanol–water partition coefficient (Wildman–Crippen LogP) is 4.41. The molecule has 0 aliphatic carbocycles. The van der Waals surface area contributed by atoms with Crippen LogP contribution in [0.4, 0.5) is 4.39 Å². The van der Waals surface area contributed by atoms with Gasteiger partial charge in [0.25, 0.3) is 0 Å². The Balaban J connectivity index is 1.51. The molecule has 5 aromatic heterocycles. The van der Waals surface area contributed by atoms with Crippen molar-refractivity contribution < 1.29 is 4.39 Å². The van der Waals surface area contributed by atoms with Gasteiger partial charge in [0.05, 0.1) is 40.3 Å². The second-order valence-electron chi connectivity index (χ2n) is 7.59. The van der Waals surface area contributed by atoms with Crippen LogP contribution in [-0.2, 0) is 7.05 Å². The fraction of sp³-hybridized carbons (Fsp3) is 0.0870. The standard InChI is InChI=1S/C23H17FN8/c1-12-26-11-19(32(12)2)16-7-8-17-21(27-16)22(31-30-17)23-28-18-10-25-9-15(20(18)29-23)13-3-5-14(24)6-4-13/h3-11H,1-2H3,(H,28,29)(H,30,31). The van der Waals surface area contributed by atoms with Gasteiger partial charge in [-0.15, -0.1) is 0 Å². The molecule has 0 aliphatic heterocycles. The largest absolute Gasteiger partial charge is 0.335 e. The highest BCUT2D eigenvalue weighted by molar-refractivity contribution is 5.95. The Hall–Kier alpha value is -4.40. The number of halogens is 1. The normalized spacial score (nSPS) is 11.6. The van der Waals surface area contributed by atoms with Gasteiger partial charge in [-0.3, -0.25) is 10.1 Å². The van der Waals surface area contributed by atoms with Crippen LogP contribution in [0.15, 0.2) is 55.0 Å². The smallest absolute Gasteiger partial charge is 0.161 e. The van der Waals surface area contributed by atoms with E-state index in [9.17, 15) is 4.39 Å². The zero-order valence-corrected chi connectivity index (χ0v) is 17.3. The molecule has 0 saturated heterocycles. The van der Waals surface area contributed by atoms with E-state index in [0.29, 0.717) is 17.0 Å². The zero-order chi connectivity index (χ0) is 21.8. The number of aromatic amines is 2. The third-order valence-corrected chi connectivity index (χ3v) is 5.66. The molecule has 0 unspecified atom stereocenters.